The van der Waals surface area contributed by atoms with E-state index in [4.69, 9.17) is 10.6 Å². The van der Waals surface area contributed by atoms with Gasteiger partial charge in [-0.15, -0.1) is 0 Å². The highest BCUT2D eigenvalue weighted by Gasteiger charge is 2.14. The molecule has 19 heavy (non-hydrogen) atoms. The van der Waals surface area contributed by atoms with Gasteiger partial charge >= 0.3 is 0 Å². The quantitative estimate of drug-likeness (QED) is 0.661. The average Bonchev–Trinajstić information content (AvgIpc) is 2.35. The highest BCUT2D eigenvalue weighted by atomic mass is 19.1. The SMILES string of the molecule is Cc1ccc(Oc2nc(NN)c(F)cc2F)c(C)c1. The van der Waals surface area contributed by atoms with Gasteiger partial charge in [0, 0.05) is 6.07 Å². The maximum absolute atomic E-state index is 13.6. The van der Waals surface area contributed by atoms with Crippen molar-refractivity contribution in [2.24, 2.45) is 5.84 Å². The average molecular weight is 265 g/mol. The van der Waals surface area contributed by atoms with E-state index in [0.717, 1.165) is 11.1 Å². The van der Waals surface area contributed by atoms with Crippen LogP contribution in [0.2, 0.25) is 0 Å². The number of ether oxygens (including phenoxy) is 1. The molecule has 1 heterocycles. The first-order valence-corrected chi connectivity index (χ1v) is 5.59. The molecule has 4 nitrogen and oxygen atoms in total. The lowest BCUT2D eigenvalue weighted by Crippen LogP contribution is -2.11. The Morgan fingerprint density at radius 3 is 2.53 bits per heavy atom. The summed E-state index contributed by atoms with van der Waals surface area (Å²) in [4.78, 5) is 3.64. The number of pyridine rings is 1. The lowest BCUT2D eigenvalue weighted by atomic mass is 10.1. The van der Waals surface area contributed by atoms with Crippen molar-refractivity contribution in [1.29, 1.82) is 0 Å². The van der Waals surface area contributed by atoms with E-state index < -0.39 is 11.6 Å². The van der Waals surface area contributed by atoms with Crippen LogP contribution in [0, 0.1) is 25.5 Å². The number of hydrogen-bond donors (Lipinski definition) is 2. The normalized spacial score (nSPS) is 10.4. The highest BCUT2D eigenvalue weighted by molar-refractivity contribution is 5.42. The molecule has 0 aliphatic rings. The summed E-state index contributed by atoms with van der Waals surface area (Å²) in [5.41, 5.74) is 3.92. The van der Waals surface area contributed by atoms with Crippen LogP contribution in [0.1, 0.15) is 11.1 Å². The van der Waals surface area contributed by atoms with Crippen molar-refractivity contribution >= 4 is 5.82 Å². The van der Waals surface area contributed by atoms with Crippen molar-refractivity contribution in [3.8, 4) is 11.6 Å². The smallest absolute Gasteiger partial charge is 0.258 e. The molecule has 100 valence electrons. The van der Waals surface area contributed by atoms with Gasteiger partial charge in [0.1, 0.15) is 5.75 Å². The largest absolute Gasteiger partial charge is 0.436 e. The first-order chi connectivity index (χ1) is 9.01. The Labute approximate surface area is 109 Å². The minimum Gasteiger partial charge on any atom is -0.436 e. The molecule has 0 aliphatic heterocycles. The molecule has 6 heteroatoms. The van der Waals surface area contributed by atoms with Crippen molar-refractivity contribution in [2.75, 3.05) is 5.43 Å². The molecule has 2 rings (SSSR count). The number of anilines is 1. The Morgan fingerprint density at radius 1 is 1.16 bits per heavy atom. The van der Waals surface area contributed by atoms with E-state index in [9.17, 15) is 8.78 Å². The van der Waals surface area contributed by atoms with Crippen molar-refractivity contribution in [1.82, 2.24) is 4.98 Å². The van der Waals surface area contributed by atoms with E-state index in [1.807, 2.05) is 31.4 Å². The predicted octanol–water partition coefficient (Wildman–Crippen LogP) is 3.05. The van der Waals surface area contributed by atoms with E-state index in [1.165, 1.54) is 0 Å². The predicted molar refractivity (Wildman–Crippen MR) is 68.0 cm³/mol. The fourth-order valence-corrected chi connectivity index (χ4v) is 1.64. The number of nitrogens with zero attached hydrogens (tertiary/aromatic N) is 1. The van der Waals surface area contributed by atoms with Crippen LogP contribution in [0.15, 0.2) is 24.3 Å². The van der Waals surface area contributed by atoms with E-state index >= 15 is 0 Å². The molecule has 2 aromatic rings. The van der Waals surface area contributed by atoms with Gasteiger partial charge in [-0.05, 0) is 25.5 Å². The summed E-state index contributed by atoms with van der Waals surface area (Å²) in [5.74, 6) is 3.15. The van der Waals surface area contributed by atoms with Gasteiger partial charge in [-0.3, -0.25) is 0 Å². The summed E-state index contributed by atoms with van der Waals surface area (Å²) < 4.78 is 32.1. The second-order valence-electron chi connectivity index (χ2n) is 4.12. The second kappa shape index (κ2) is 5.19. The van der Waals surface area contributed by atoms with Gasteiger partial charge in [-0.25, -0.2) is 14.6 Å². The number of benzene rings is 1. The third kappa shape index (κ3) is 2.79. The Morgan fingerprint density at radius 2 is 1.89 bits per heavy atom. The van der Waals surface area contributed by atoms with Gasteiger partial charge in [-0.2, -0.15) is 4.98 Å². The maximum atomic E-state index is 13.6. The molecule has 0 saturated carbocycles. The molecule has 0 bridgehead atoms. The molecule has 0 amide bonds. The number of hydrazine groups is 1. The number of nitrogens with one attached hydrogen (secondary N) is 1. The van der Waals surface area contributed by atoms with Gasteiger partial charge in [-0.1, -0.05) is 17.7 Å². The molecule has 0 fully saturated rings. The standard InChI is InChI=1S/C13H13F2N3O/c1-7-3-4-11(8(2)5-7)19-13-10(15)6-9(14)12(17-13)18-16/h3-6H,16H2,1-2H3,(H,17,18). The zero-order valence-electron chi connectivity index (χ0n) is 10.5. The highest BCUT2D eigenvalue weighted by Crippen LogP contribution is 2.28. The van der Waals surface area contributed by atoms with Crippen molar-refractivity contribution < 1.29 is 13.5 Å². The zero-order valence-corrected chi connectivity index (χ0v) is 10.5. The molecule has 3 N–H and O–H groups in total. The maximum Gasteiger partial charge on any atom is 0.258 e. The Hall–Kier alpha value is -2.21. The van der Waals surface area contributed by atoms with Crippen LogP contribution in [-0.4, -0.2) is 4.98 Å². The second-order valence-corrected chi connectivity index (χ2v) is 4.12. The number of aromatic nitrogens is 1. The fourth-order valence-electron chi connectivity index (χ4n) is 1.64. The van der Waals surface area contributed by atoms with Crippen LogP contribution in [0.4, 0.5) is 14.6 Å². The number of hydrogen-bond acceptors (Lipinski definition) is 4. The number of aryl methyl sites for hydroxylation is 2. The molecule has 0 unspecified atom stereocenters. The monoisotopic (exact) mass is 265 g/mol. The van der Waals surface area contributed by atoms with Gasteiger partial charge in [0.25, 0.3) is 5.88 Å². The fraction of sp³-hybridized carbons (Fsp3) is 0.154. The number of halogens is 2. The van der Waals surface area contributed by atoms with E-state index in [0.29, 0.717) is 11.8 Å². The lowest BCUT2D eigenvalue weighted by Gasteiger charge is -2.10. The van der Waals surface area contributed by atoms with Crippen LogP contribution < -0.4 is 16.0 Å². The topological polar surface area (TPSA) is 60.2 Å². The van der Waals surface area contributed by atoms with Gasteiger partial charge in [0.15, 0.2) is 17.5 Å². The van der Waals surface area contributed by atoms with Crippen LogP contribution in [0.5, 0.6) is 11.6 Å². The van der Waals surface area contributed by atoms with Gasteiger partial charge < -0.3 is 10.2 Å². The minimum atomic E-state index is -0.892. The van der Waals surface area contributed by atoms with E-state index in [-0.39, 0.29) is 11.7 Å². The van der Waals surface area contributed by atoms with Crippen molar-refractivity contribution in [3.05, 3.63) is 47.0 Å². The zero-order chi connectivity index (χ0) is 14.0. The first-order valence-electron chi connectivity index (χ1n) is 5.59. The Bertz CT molecular complexity index is 617. The van der Waals surface area contributed by atoms with E-state index in [1.54, 1.807) is 6.07 Å². The van der Waals surface area contributed by atoms with Gasteiger partial charge in [0.05, 0.1) is 0 Å². The summed E-state index contributed by atoms with van der Waals surface area (Å²) >= 11 is 0. The summed E-state index contributed by atoms with van der Waals surface area (Å²) in [5, 5.41) is 0. The molecular weight excluding hydrogens is 252 g/mol. The lowest BCUT2D eigenvalue weighted by molar-refractivity contribution is 0.415. The van der Waals surface area contributed by atoms with Gasteiger partial charge in [0.2, 0.25) is 0 Å². The number of nitrogens with two attached hydrogens (primary N) is 1. The molecular formula is C13H13F2N3O. The summed E-state index contributed by atoms with van der Waals surface area (Å²) in [7, 11) is 0. The Kier molecular flexibility index (Phi) is 3.62. The van der Waals surface area contributed by atoms with Crippen LogP contribution in [0.3, 0.4) is 0 Å². The summed E-state index contributed by atoms with van der Waals surface area (Å²) in [6.45, 7) is 3.76. The number of nitrogen functional groups attached to an aromatic ring is 1. The molecule has 0 atom stereocenters. The van der Waals surface area contributed by atoms with E-state index in [2.05, 4.69) is 4.98 Å². The molecule has 0 aliphatic carbocycles. The molecule has 0 radical (unpaired) electrons. The van der Waals surface area contributed by atoms with Crippen molar-refractivity contribution in [2.45, 2.75) is 13.8 Å². The third-order valence-corrected chi connectivity index (χ3v) is 2.57. The molecule has 0 spiro atoms. The van der Waals surface area contributed by atoms with Crippen LogP contribution >= 0.6 is 0 Å². The molecule has 0 saturated heterocycles. The Balaban J connectivity index is 2.37. The minimum absolute atomic E-state index is 0.277. The molecule has 1 aromatic carbocycles. The number of rotatable bonds is 3. The first kappa shape index (κ1) is 13.2. The third-order valence-electron chi connectivity index (χ3n) is 2.57. The van der Waals surface area contributed by atoms with Crippen LogP contribution in [0.25, 0.3) is 0 Å². The van der Waals surface area contributed by atoms with Crippen molar-refractivity contribution in [3.63, 3.8) is 0 Å². The summed E-state index contributed by atoms with van der Waals surface area (Å²) in [6, 6.07) is 6.08. The summed E-state index contributed by atoms with van der Waals surface area (Å²) in [6.07, 6.45) is 0. The van der Waals surface area contributed by atoms with Crippen LogP contribution in [-0.2, 0) is 0 Å². The molecule has 1 aromatic heterocycles.